The highest BCUT2D eigenvalue weighted by molar-refractivity contribution is 7.99. The van der Waals surface area contributed by atoms with Gasteiger partial charge in [0.1, 0.15) is 11.1 Å². The second-order valence-corrected chi connectivity index (χ2v) is 8.60. The molecule has 0 saturated heterocycles. The quantitative estimate of drug-likeness (QED) is 0.443. The SMILES string of the molecule is CCCC(CNC)n1cc(-c2cc(Sc3ccc(C)cn3)c3c(C#N)cnn3c2)cn1. The summed E-state index contributed by atoms with van der Waals surface area (Å²) in [6, 6.07) is 8.70. The average Bonchev–Trinajstić information content (AvgIpc) is 3.42. The number of fused-ring (bicyclic) bond motifs is 1. The molecule has 1 unspecified atom stereocenters. The predicted molar refractivity (Wildman–Crippen MR) is 122 cm³/mol. The monoisotopic (exact) mass is 431 g/mol. The molecule has 1 atom stereocenters. The fourth-order valence-electron chi connectivity index (χ4n) is 3.61. The molecule has 4 rings (SSSR count). The van der Waals surface area contributed by atoms with E-state index in [4.69, 9.17) is 0 Å². The lowest BCUT2D eigenvalue weighted by Crippen LogP contribution is -2.22. The average molecular weight is 432 g/mol. The summed E-state index contributed by atoms with van der Waals surface area (Å²) in [5.41, 5.74) is 4.48. The Morgan fingerprint density at radius 3 is 2.74 bits per heavy atom. The number of nitrogens with zero attached hydrogens (tertiary/aromatic N) is 6. The van der Waals surface area contributed by atoms with Gasteiger partial charge < -0.3 is 5.32 Å². The smallest absolute Gasteiger partial charge is 0.103 e. The number of aromatic nitrogens is 5. The molecule has 4 aromatic heterocycles. The minimum atomic E-state index is 0.313. The van der Waals surface area contributed by atoms with Crippen LogP contribution in [0.5, 0.6) is 0 Å². The van der Waals surface area contributed by atoms with Crippen molar-refractivity contribution in [3.8, 4) is 17.2 Å². The van der Waals surface area contributed by atoms with Gasteiger partial charge in [0.15, 0.2) is 0 Å². The van der Waals surface area contributed by atoms with E-state index in [1.807, 2.05) is 49.4 Å². The van der Waals surface area contributed by atoms with E-state index in [1.54, 1.807) is 10.7 Å². The lowest BCUT2D eigenvalue weighted by molar-refractivity contribution is 0.407. The fourth-order valence-corrected chi connectivity index (χ4v) is 4.57. The van der Waals surface area contributed by atoms with Gasteiger partial charge in [-0.3, -0.25) is 4.68 Å². The number of likely N-dealkylation sites (N-methyl/N-ethyl adjacent to an activating group) is 1. The van der Waals surface area contributed by atoms with E-state index in [2.05, 4.69) is 45.8 Å². The molecule has 0 radical (unpaired) electrons. The van der Waals surface area contributed by atoms with Crippen LogP contribution in [0.1, 0.15) is 36.9 Å². The van der Waals surface area contributed by atoms with Gasteiger partial charge in [0.25, 0.3) is 0 Å². The molecule has 4 aromatic rings. The minimum absolute atomic E-state index is 0.313. The first kappa shape index (κ1) is 21.1. The summed E-state index contributed by atoms with van der Waals surface area (Å²) >= 11 is 1.54. The fraction of sp³-hybridized carbons (Fsp3) is 0.304. The van der Waals surface area contributed by atoms with E-state index in [-0.39, 0.29) is 0 Å². The standard InChI is InChI=1S/C23H25N7S/c1-4-5-20(13-25-3)29-15-19(12-27-29)17-8-21(31-22-7-6-16(2)10-26-22)23-18(9-24)11-28-30(23)14-17/h6-8,10-12,14-15,20,25H,4-5,13H2,1-3H3. The van der Waals surface area contributed by atoms with Crippen molar-refractivity contribution in [2.75, 3.05) is 13.6 Å². The van der Waals surface area contributed by atoms with Crippen LogP contribution in [0.15, 0.2) is 59.1 Å². The maximum Gasteiger partial charge on any atom is 0.103 e. The Kier molecular flexibility index (Phi) is 6.35. The first-order valence-corrected chi connectivity index (χ1v) is 11.2. The summed E-state index contributed by atoms with van der Waals surface area (Å²) in [4.78, 5) is 5.46. The molecule has 0 amide bonds. The lowest BCUT2D eigenvalue weighted by atomic mass is 10.1. The van der Waals surface area contributed by atoms with E-state index in [0.717, 1.165) is 51.5 Å². The summed E-state index contributed by atoms with van der Waals surface area (Å²) in [6.07, 6.45) is 11.6. The van der Waals surface area contributed by atoms with Crippen LogP contribution in [0.3, 0.4) is 0 Å². The first-order chi connectivity index (χ1) is 15.1. The van der Waals surface area contributed by atoms with Gasteiger partial charge in [-0.1, -0.05) is 31.2 Å². The van der Waals surface area contributed by atoms with Crippen LogP contribution in [0.2, 0.25) is 0 Å². The molecule has 4 heterocycles. The van der Waals surface area contributed by atoms with E-state index < -0.39 is 0 Å². The van der Waals surface area contributed by atoms with Gasteiger partial charge in [-0.15, -0.1) is 0 Å². The zero-order chi connectivity index (χ0) is 21.8. The molecule has 7 nitrogen and oxygen atoms in total. The van der Waals surface area contributed by atoms with Crippen molar-refractivity contribution in [3.05, 3.63) is 60.3 Å². The second-order valence-electron chi connectivity index (χ2n) is 7.54. The summed E-state index contributed by atoms with van der Waals surface area (Å²) in [7, 11) is 1.97. The van der Waals surface area contributed by atoms with Gasteiger partial charge in [0.2, 0.25) is 0 Å². The third-order valence-corrected chi connectivity index (χ3v) is 6.15. The van der Waals surface area contributed by atoms with Crippen molar-refractivity contribution in [1.29, 1.82) is 5.26 Å². The Morgan fingerprint density at radius 2 is 2.03 bits per heavy atom. The number of pyridine rings is 2. The summed E-state index contributed by atoms with van der Waals surface area (Å²) in [5, 5.41) is 22.7. The highest BCUT2D eigenvalue weighted by atomic mass is 32.2. The van der Waals surface area contributed by atoms with Gasteiger partial charge in [-0.2, -0.15) is 15.5 Å². The zero-order valence-corrected chi connectivity index (χ0v) is 18.7. The molecular formula is C23H25N7S. The first-order valence-electron chi connectivity index (χ1n) is 10.3. The molecule has 31 heavy (non-hydrogen) atoms. The summed E-state index contributed by atoms with van der Waals surface area (Å²) in [5.74, 6) is 0. The van der Waals surface area contributed by atoms with Gasteiger partial charge >= 0.3 is 0 Å². The number of rotatable bonds is 8. The largest absolute Gasteiger partial charge is 0.318 e. The Balaban J connectivity index is 1.76. The van der Waals surface area contributed by atoms with Gasteiger partial charge in [0.05, 0.1) is 29.5 Å². The van der Waals surface area contributed by atoms with Crippen molar-refractivity contribution in [3.63, 3.8) is 0 Å². The molecule has 0 fully saturated rings. The molecule has 158 valence electrons. The van der Waals surface area contributed by atoms with Crippen LogP contribution >= 0.6 is 11.8 Å². The molecule has 0 spiro atoms. The van der Waals surface area contributed by atoms with Crippen molar-refractivity contribution >= 4 is 17.3 Å². The Labute approximate surface area is 186 Å². The summed E-state index contributed by atoms with van der Waals surface area (Å²) < 4.78 is 3.82. The molecule has 1 N–H and O–H groups in total. The molecule has 0 bridgehead atoms. The van der Waals surface area contributed by atoms with Crippen LogP contribution in [-0.2, 0) is 0 Å². The Morgan fingerprint density at radius 1 is 1.16 bits per heavy atom. The van der Waals surface area contributed by atoms with E-state index in [1.165, 1.54) is 11.8 Å². The van der Waals surface area contributed by atoms with Crippen LogP contribution < -0.4 is 5.32 Å². The molecule has 8 heteroatoms. The molecular weight excluding hydrogens is 406 g/mol. The van der Waals surface area contributed by atoms with Crippen molar-refractivity contribution in [2.45, 2.75) is 42.7 Å². The normalized spacial score (nSPS) is 12.2. The third-order valence-electron chi connectivity index (χ3n) is 5.17. The van der Waals surface area contributed by atoms with E-state index in [0.29, 0.717) is 11.6 Å². The van der Waals surface area contributed by atoms with Crippen molar-refractivity contribution < 1.29 is 0 Å². The molecule has 0 aliphatic heterocycles. The molecule has 0 saturated carbocycles. The number of aryl methyl sites for hydroxylation is 1. The minimum Gasteiger partial charge on any atom is -0.318 e. The second kappa shape index (κ2) is 9.33. The van der Waals surface area contributed by atoms with Crippen molar-refractivity contribution in [1.82, 2.24) is 29.7 Å². The van der Waals surface area contributed by atoms with Gasteiger partial charge in [-0.25, -0.2) is 9.50 Å². The lowest BCUT2D eigenvalue weighted by Gasteiger charge is -2.16. The van der Waals surface area contributed by atoms with Gasteiger partial charge in [-0.05, 0) is 38.1 Å². The van der Waals surface area contributed by atoms with Crippen LogP contribution in [0, 0.1) is 18.3 Å². The zero-order valence-electron chi connectivity index (χ0n) is 17.9. The van der Waals surface area contributed by atoms with E-state index in [9.17, 15) is 5.26 Å². The Bertz CT molecular complexity index is 1210. The van der Waals surface area contributed by atoms with E-state index >= 15 is 0 Å². The maximum absolute atomic E-state index is 9.56. The Hall–Kier alpha value is -3.15. The number of nitrogens with one attached hydrogen (secondary N) is 1. The van der Waals surface area contributed by atoms with Crippen LogP contribution in [-0.4, -0.2) is 38.0 Å². The maximum atomic E-state index is 9.56. The number of hydrogen-bond acceptors (Lipinski definition) is 6. The summed E-state index contributed by atoms with van der Waals surface area (Å²) in [6.45, 7) is 5.08. The van der Waals surface area contributed by atoms with Crippen LogP contribution in [0.25, 0.3) is 16.6 Å². The topological polar surface area (TPSA) is 83.8 Å². The third kappa shape index (κ3) is 4.48. The number of hydrogen-bond donors (Lipinski definition) is 1. The highest BCUT2D eigenvalue weighted by Gasteiger charge is 2.16. The van der Waals surface area contributed by atoms with Crippen LogP contribution in [0.4, 0.5) is 0 Å². The molecule has 0 aliphatic rings. The number of nitriles is 1. The van der Waals surface area contributed by atoms with Gasteiger partial charge in [0, 0.05) is 41.2 Å². The highest BCUT2D eigenvalue weighted by Crippen LogP contribution is 2.35. The van der Waals surface area contributed by atoms with Crippen molar-refractivity contribution in [2.24, 2.45) is 0 Å². The molecule has 0 aromatic carbocycles. The molecule has 0 aliphatic carbocycles. The predicted octanol–water partition coefficient (Wildman–Crippen LogP) is 4.48.